The van der Waals surface area contributed by atoms with E-state index in [0.717, 1.165) is 32.4 Å². The Labute approximate surface area is 104 Å². The van der Waals surface area contributed by atoms with Gasteiger partial charge in [0.2, 0.25) is 5.91 Å². The molecule has 0 aromatic carbocycles. The number of aliphatic hydroxyl groups excluding tert-OH is 1. The van der Waals surface area contributed by atoms with Gasteiger partial charge in [-0.25, -0.2) is 0 Å². The minimum atomic E-state index is -0.0779. The Kier molecular flexibility index (Phi) is 5.92. The summed E-state index contributed by atoms with van der Waals surface area (Å²) in [4.78, 5) is 14.2. The zero-order valence-electron chi connectivity index (χ0n) is 11.3. The first-order chi connectivity index (χ1) is 8.08. The first kappa shape index (κ1) is 14.5. The van der Waals surface area contributed by atoms with Gasteiger partial charge in [0.05, 0.1) is 6.04 Å². The van der Waals surface area contributed by atoms with E-state index in [1.807, 2.05) is 6.92 Å². The molecular formula is C13H26N2O2. The first-order valence-electron chi connectivity index (χ1n) is 6.73. The number of likely N-dealkylation sites (tertiary alicyclic amines) is 1. The summed E-state index contributed by atoms with van der Waals surface area (Å²) in [7, 11) is 0. The Morgan fingerprint density at radius 3 is 2.76 bits per heavy atom. The summed E-state index contributed by atoms with van der Waals surface area (Å²) in [6.45, 7) is 8.12. The highest BCUT2D eigenvalue weighted by atomic mass is 16.3. The van der Waals surface area contributed by atoms with Crippen molar-refractivity contribution < 1.29 is 9.90 Å². The minimum Gasteiger partial charge on any atom is -0.396 e. The molecule has 0 aromatic heterocycles. The molecule has 17 heavy (non-hydrogen) atoms. The molecule has 0 radical (unpaired) electrons. The molecule has 0 saturated carbocycles. The molecule has 1 saturated heterocycles. The normalized spacial score (nSPS) is 24.6. The van der Waals surface area contributed by atoms with Crippen LogP contribution >= 0.6 is 0 Å². The average Bonchev–Trinajstić information content (AvgIpc) is 2.76. The van der Waals surface area contributed by atoms with Crippen LogP contribution < -0.4 is 5.32 Å². The van der Waals surface area contributed by atoms with Crippen molar-refractivity contribution in [2.45, 2.75) is 52.1 Å². The summed E-state index contributed by atoms with van der Waals surface area (Å²) in [5, 5.41) is 12.1. The maximum atomic E-state index is 12.0. The molecule has 4 heteroatoms. The van der Waals surface area contributed by atoms with Crippen molar-refractivity contribution >= 4 is 5.91 Å². The number of amides is 1. The fourth-order valence-corrected chi connectivity index (χ4v) is 2.40. The summed E-state index contributed by atoms with van der Waals surface area (Å²) in [5.74, 6) is 0.461. The van der Waals surface area contributed by atoms with Crippen LogP contribution in [0.25, 0.3) is 0 Å². The van der Waals surface area contributed by atoms with E-state index in [1.54, 1.807) is 0 Å². The van der Waals surface area contributed by atoms with Gasteiger partial charge < -0.3 is 10.4 Å². The van der Waals surface area contributed by atoms with Crippen LogP contribution in [0.4, 0.5) is 0 Å². The number of aliphatic hydroxyl groups is 1. The van der Waals surface area contributed by atoms with Crippen molar-refractivity contribution in [3.05, 3.63) is 0 Å². The third-order valence-electron chi connectivity index (χ3n) is 3.61. The van der Waals surface area contributed by atoms with Crippen molar-refractivity contribution in [1.29, 1.82) is 0 Å². The van der Waals surface area contributed by atoms with Gasteiger partial charge >= 0.3 is 0 Å². The van der Waals surface area contributed by atoms with Gasteiger partial charge in [-0.15, -0.1) is 0 Å². The van der Waals surface area contributed by atoms with E-state index >= 15 is 0 Å². The van der Waals surface area contributed by atoms with Crippen LogP contribution in [-0.4, -0.2) is 47.7 Å². The van der Waals surface area contributed by atoms with Crippen molar-refractivity contribution in [3.63, 3.8) is 0 Å². The van der Waals surface area contributed by atoms with Crippen molar-refractivity contribution in [3.8, 4) is 0 Å². The van der Waals surface area contributed by atoms with Crippen LogP contribution in [0.1, 0.15) is 40.0 Å². The molecule has 0 aromatic rings. The predicted molar refractivity (Wildman–Crippen MR) is 68.7 cm³/mol. The van der Waals surface area contributed by atoms with Gasteiger partial charge in [0.15, 0.2) is 0 Å². The maximum Gasteiger partial charge on any atom is 0.237 e. The Balaban J connectivity index is 2.36. The van der Waals surface area contributed by atoms with E-state index in [0.29, 0.717) is 5.92 Å². The van der Waals surface area contributed by atoms with Gasteiger partial charge in [-0.2, -0.15) is 0 Å². The summed E-state index contributed by atoms with van der Waals surface area (Å²) in [6, 6.07) is 0.178. The molecule has 1 aliphatic heterocycles. The molecular weight excluding hydrogens is 216 g/mol. The molecule has 1 amide bonds. The topological polar surface area (TPSA) is 52.6 Å². The molecule has 1 rings (SSSR count). The van der Waals surface area contributed by atoms with Crippen molar-refractivity contribution in [2.24, 2.45) is 5.92 Å². The van der Waals surface area contributed by atoms with Crippen LogP contribution in [0, 0.1) is 5.92 Å². The predicted octanol–water partition coefficient (Wildman–Crippen LogP) is 0.994. The number of rotatable bonds is 6. The molecule has 0 bridgehead atoms. The Morgan fingerprint density at radius 2 is 2.24 bits per heavy atom. The lowest BCUT2D eigenvalue weighted by Gasteiger charge is -2.25. The number of nitrogens with one attached hydrogen (secondary N) is 1. The number of carbonyl (C=O) groups excluding carboxylic acids is 1. The largest absolute Gasteiger partial charge is 0.396 e. The second-order valence-electron chi connectivity index (χ2n) is 5.21. The minimum absolute atomic E-state index is 0.0779. The third kappa shape index (κ3) is 4.28. The smallest absolute Gasteiger partial charge is 0.237 e. The molecule has 100 valence electrons. The lowest BCUT2D eigenvalue weighted by molar-refractivity contribution is -0.126. The fraction of sp³-hybridized carbons (Fsp3) is 0.923. The highest BCUT2D eigenvalue weighted by molar-refractivity contribution is 5.81. The molecule has 1 fully saturated rings. The molecule has 1 heterocycles. The Hall–Kier alpha value is -0.610. The van der Waals surface area contributed by atoms with Gasteiger partial charge in [0.1, 0.15) is 0 Å². The second kappa shape index (κ2) is 6.97. The molecule has 1 aliphatic rings. The summed E-state index contributed by atoms with van der Waals surface area (Å²) in [6.07, 6.45) is 3.11. The monoisotopic (exact) mass is 242 g/mol. The fourth-order valence-electron chi connectivity index (χ4n) is 2.40. The zero-order valence-corrected chi connectivity index (χ0v) is 11.3. The molecule has 3 atom stereocenters. The van der Waals surface area contributed by atoms with E-state index in [9.17, 15) is 4.79 Å². The number of hydrogen-bond donors (Lipinski definition) is 2. The van der Waals surface area contributed by atoms with E-state index in [-0.39, 0.29) is 24.6 Å². The van der Waals surface area contributed by atoms with Crippen molar-refractivity contribution in [1.82, 2.24) is 10.2 Å². The molecule has 2 N–H and O–H groups in total. The maximum absolute atomic E-state index is 12.0. The average molecular weight is 242 g/mol. The van der Waals surface area contributed by atoms with Gasteiger partial charge in [0.25, 0.3) is 0 Å². The van der Waals surface area contributed by atoms with Crippen LogP contribution in [-0.2, 0) is 4.79 Å². The Bertz CT molecular complexity index is 246. The zero-order chi connectivity index (χ0) is 12.8. The van der Waals surface area contributed by atoms with Gasteiger partial charge in [-0.05, 0) is 39.2 Å². The van der Waals surface area contributed by atoms with Gasteiger partial charge in [0, 0.05) is 19.2 Å². The van der Waals surface area contributed by atoms with Gasteiger partial charge in [-0.3, -0.25) is 9.69 Å². The van der Waals surface area contributed by atoms with Crippen LogP contribution in [0.3, 0.4) is 0 Å². The number of carbonyl (C=O) groups is 1. The lowest BCUT2D eigenvalue weighted by Crippen LogP contribution is -2.46. The summed E-state index contributed by atoms with van der Waals surface area (Å²) >= 11 is 0. The van der Waals surface area contributed by atoms with Crippen LogP contribution in [0.5, 0.6) is 0 Å². The van der Waals surface area contributed by atoms with Crippen LogP contribution in [0.15, 0.2) is 0 Å². The second-order valence-corrected chi connectivity index (χ2v) is 5.21. The molecule has 0 spiro atoms. The van der Waals surface area contributed by atoms with E-state index in [2.05, 4.69) is 24.1 Å². The summed E-state index contributed by atoms with van der Waals surface area (Å²) < 4.78 is 0. The standard InChI is InChI=1S/C13H26N2O2/c1-4-5-10(2)14-13(17)11(3)15-7-6-12(8-15)9-16/h10-12,16H,4-9H2,1-3H3,(H,14,17). The van der Waals surface area contributed by atoms with Crippen molar-refractivity contribution in [2.75, 3.05) is 19.7 Å². The molecule has 0 aliphatic carbocycles. The quantitative estimate of drug-likeness (QED) is 0.730. The number of hydrogen-bond acceptors (Lipinski definition) is 3. The SMILES string of the molecule is CCCC(C)NC(=O)C(C)N1CCC(CO)C1. The highest BCUT2D eigenvalue weighted by Crippen LogP contribution is 2.18. The van der Waals surface area contributed by atoms with Crippen LogP contribution in [0.2, 0.25) is 0 Å². The van der Waals surface area contributed by atoms with E-state index in [1.165, 1.54) is 0 Å². The summed E-state index contributed by atoms with van der Waals surface area (Å²) in [5.41, 5.74) is 0. The number of nitrogens with zero attached hydrogens (tertiary/aromatic N) is 1. The first-order valence-corrected chi connectivity index (χ1v) is 6.73. The third-order valence-corrected chi connectivity index (χ3v) is 3.61. The highest BCUT2D eigenvalue weighted by Gasteiger charge is 2.29. The molecule has 3 unspecified atom stereocenters. The van der Waals surface area contributed by atoms with E-state index in [4.69, 9.17) is 5.11 Å². The lowest BCUT2D eigenvalue weighted by atomic mass is 10.1. The Morgan fingerprint density at radius 1 is 1.53 bits per heavy atom. The van der Waals surface area contributed by atoms with Gasteiger partial charge in [-0.1, -0.05) is 13.3 Å². The molecule has 4 nitrogen and oxygen atoms in total. The van der Waals surface area contributed by atoms with E-state index < -0.39 is 0 Å².